The predicted octanol–water partition coefficient (Wildman–Crippen LogP) is 3.87. The number of rotatable bonds is 5. The van der Waals surface area contributed by atoms with Crippen LogP contribution in [0.3, 0.4) is 0 Å². The van der Waals surface area contributed by atoms with Gasteiger partial charge in [0.1, 0.15) is 0 Å². The molecule has 3 rings (SSSR count). The SMILES string of the molecule is CCOc1ccc([C@@H]2C(C(=O)OC)=C(C)NC3=C2C(=O)CC(C)(C)C3)cc1OC. The van der Waals surface area contributed by atoms with Gasteiger partial charge >= 0.3 is 5.97 Å². The van der Waals surface area contributed by atoms with Crippen molar-refractivity contribution >= 4 is 11.8 Å². The van der Waals surface area contributed by atoms with Gasteiger partial charge < -0.3 is 19.5 Å². The van der Waals surface area contributed by atoms with Crippen molar-refractivity contribution in [2.75, 3.05) is 20.8 Å². The number of allylic oxidation sites excluding steroid dienone is 3. The first kappa shape index (κ1) is 21.0. The van der Waals surface area contributed by atoms with E-state index in [0.29, 0.717) is 41.4 Å². The molecule has 0 spiro atoms. The molecule has 1 N–H and O–H groups in total. The molecule has 0 radical (unpaired) electrons. The summed E-state index contributed by atoms with van der Waals surface area (Å²) in [6, 6.07) is 5.55. The monoisotopic (exact) mass is 399 g/mol. The highest BCUT2D eigenvalue weighted by Gasteiger charge is 2.43. The molecule has 1 heterocycles. The first-order valence-electron chi connectivity index (χ1n) is 9.85. The van der Waals surface area contributed by atoms with Crippen molar-refractivity contribution in [1.82, 2.24) is 5.32 Å². The van der Waals surface area contributed by atoms with E-state index in [-0.39, 0.29) is 11.2 Å². The first-order chi connectivity index (χ1) is 13.7. The van der Waals surface area contributed by atoms with Gasteiger partial charge in [0, 0.05) is 29.3 Å². The second-order valence-electron chi connectivity index (χ2n) is 8.26. The van der Waals surface area contributed by atoms with Crippen LogP contribution in [0.1, 0.15) is 52.0 Å². The van der Waals surface area contributed by atoms with Crippen molar-refractivity contribution in [3.8, 4) is 11.5 Å². The number of hydrogen-bond acceptors (Lipinski definition) is 6. The molecule has 6 heteroatoms. The summed E-state index contributed by atoms with van der Waals surface area (Å²) in [7, 11) is 2.93. The van der Waals surface area contributed by atoms with E-state index in [0.717, 1.165) is 17.7 Å². The number of Topliss-reactive ketones (excluding diaryl/α,β-unsaturated/α-hetero) is 1. The molecule has 6 nitrogen and oxygen atoms in total. The zero-order chi connectivity index (χ0) is 21.3. The van der Waals surface area contributed by atoms with E-state index in [1.807, 2.05) is 32.0 Å². The Morgan fingerprint density at radius 3 is 2.55 bits per heavy atom. The first-order valence-corrected chi connectivity index (χ1v) is 9.85. The van der Waals surface area contributed by atoms with Crippen LogP contribution in [0.4, 0.5) is 0 Å². The minimum atomic E-state index is -0.508. The molecule has 0 aromatic heterocycles. The number of dihydropyridines is 1. The minimum absolute atomic E-state index is 0.0514. The molecular formula is C23H29NO5. The summed E-state index contributed by atoms with van der Waals surface area (Å²) >= 11 is 0. The third kappa shape index (κ3) is 3.88. The fourth-order valence-electron chi connectivity index (χ4n) is 4.29. The Labute approximate surface area is 171 Å². The topological polar surface area (TPSA) is 73.9 Å². The average Bonchev–Trinajstić information content (AvgIpc) is 2.65. The molecule has 0 saturated heterocycles. The summed E-state index contributed by atoms with van der Waals surface area (Å²) in [6.45, 7) is 8.43. The Balaban J connectivity index is 2.19. The van der Waals surface area contributed by atoms with Gasteiger partial charge in [-0.15, -0.1) is 0 Å². The fourth-order valence-corrected chi connectivity index (χ4v) is 4.29. The van der Waals surface area contributed by atoms with Crippen molar-refractivity contribution in [2.24, 2.45) is 5.41 Å². The number of methoxy groups -OCH3 is 2. The van der Waals surface area contributed by atoms with Gasteiger partial charge in [0.2, 0.25) is 0 Å². The van der Waals surface area contributed by atoms with Gasteiger partial charge in [-0.25, -0.2) is 4.79 Å². The number of carbonyl (C=O) groups excluding carboxylic acids is 2. The molecule has 1 atom stereocenters. The number of nitrogens with one attached hydrogen (secondary N) is 1. The van der Waals surface area contributed by atoms with Gasteiger partial charge in [-0.3, -0.25) is 4.79 Å². The number of carbonyl (C=O) groups is 2. The largest absolute Gasteiger partial charge is 0.493 e. The lowest BCUT2D eigenvalue weighted by Crippen LogP contribution is -2.38. The van der Waals surface area contributed by atoms with Crippen LogP contribution >= 0.6 is 0 Å². The molecule has 1 aromatic carbocycles. The van der Waals surface area contributed by atoms with Gasteiger partial charge in [0.15, 0.2) is 17.3 Å². The molecule has 29 heavy (non-hydrogen) atoms. The highest BCUT2D eigenvalue weighted by Crippen LogP contribution is 2.47. The van der Waals surface area contributed by atoms with Crippen LogP contribution in [0.5, 0.6) is 11.5 Å². The van der Waals surface area contributed by atoms with E-state index in [1.54, 1.807) is 7.11 Å². The van der Waals surface area contributed by atoms with E-state index < -0.39 is 11.9 Å². The summed E-state index contributed by atoms with van der Waals surface area (Å²) in [5, 5.41) is 3.31. The Hall–Kier alpha value is -2.76. The van der Waals surface area contributed by atoms with Crippen molar-refractivity contribution < 1.29 is 23.8 Å². The highest BCUT2D eigenvalue weighted by molar-refractivity contribution is 6.04. The van der Waals surface area contributed by atoms with E-state index in [4.69, 9.17) is 14.2 Å². The molecule has 0 unspecified atom stereocenters. The standard InChI is InChI=1S/C23H29NO5/c1-7-29-17-9-8-14(10-18(17)27-5)20-19(22(26)28-6)13(2)24-15-11-23(3,4)12-16(25)21(15)20/h8-10,20,24H,7,11-12H2,1-6H3/t20-/m1/s1. The maximum absolute atomic E-state index is 13.2. The van der Waals surface area contributed by atoms with Crippen LogP contribution < -0.4 is 14.8 Å². The molecule has 2 aliphatic rings. The van der Waals surface area contributed by atoms with Gasteiger partial charge in [-0.05, 0) is 43.4 Å². The number of esters is 1. The average molecular weight is 399 g/mol. The van der Waals surface area contributed by atoms with Gasteiger partial charge in [-0.2, -0.15) is 0 Å². The molecule has 1 aliphatic heterocycles. The van der Waals surface area contributed by atoms with Crippen LogP contribution in [-0.2, 0) is 14.3 Å². The Bertz CT molecular complexity index is 910. The van der Waals surface area contributed by atoms with E-state index in [9.17, 15) is 9.59 Å². The number of benzene rings is 1. The molecule has 1 aromatic rings. The lowest BCUT2D eigenvalue weighted by atomic mass is 9.68. The van der Waals surface area contributed by atoms with Crippen LogP contribution in [-0.4, -0.2) is 32.6 Å². The molecule has 0 amide bonds. The summed E-state index contributed by atoms with van der Waals surface area (Å²) in [4.78, 5) is 25.9. The van der Waals surface area contributed by atoms with E-state index in [2.05, 4.69) is 19.2 Å². The Kier molecular flexibility index (Phi) is 5.73. The van der Waals surface area contributed by atoms with Gasteiger partial charge in [0.25, 0.3) is 0 Å². The second-order valence-corrected chi connectivity index (χ2v) is 8.26. The Morgan fingerprint density at radius 2 is 1.93 bits per heavy atom. The van der Waals surface area contributed by atoms with Gasteiger partial charge in [0.05, 0.1) is 26.4 Å². The fraction of sp³-hybridized carbons (Fsp3) is 0.478. The summed E-state index contributed by atoms with van der Waals surface area (Å²) < 4.78 is 16.2. The molecule has 1 aliphatic carbocycles. The van der Waals surface area contributed by atoms with Crippen molar-refractivity contribution in [3.63, 3.8) is 0 Å². The quantitative estimate of drug-likeness (QED) is 0.758. The molecular weight excluding hydrogens is 370 g/mol. The van der Waals surface area contributed by atoms with Crippen LogP contribution in [0.25, 0.3) is 0 Å². The third-order valence-electron chi connectivity index (χ3n) is 5.47. The summed E-state index contributed by atoms with van der Waals surface area (Å²) in [6.07, 6.45) is 1.18. The van der Waals surface area contributed by atoms with E-state index >= 15 is 0 Å². The lowest BCUT2D eigenvalue weighted by Gasteiger charge is -2.39. The predicted molar refractivity (Wildman–Crippen MR) is 110 cm³/mol. The Morgan fingerprint density at radius 1 is 1.21 bits per heavy atom. The van der Waals surface area contributed by atoms with Crippen molar-refractivity contribution in [3.05, 3.63) is 46.3 Å². The summed E-state index contributed by atoms with van der Waals surface area (Å²) in [5.74, 6) is 0.285. The normalized spacial score (nSPS) is 20.8. The van der Waals surface area contributed by atoms with Crippen LogP contribution in [0.15, 0.2) is 40.7 Å². The molecule has 0 fully saturated rings. The second kappa shape index (κ2) is 7.93. The van der Waals surface area contributed by atoms with E-state index in [1.165, 1.54) is 7.11 Å². The number of ether oxygens (including phenoxy) is 3. The van der Waals surface area contributed by atoms with Crippen LogP contribution in [0, 0.1) is 5.41 Å². The lowest BCUT2D eigenvalue weighted by molar-refractivity contribution is -0.136. The van der Waals surface area contributed by atoms with Crippen molar-refractivity contribution in [2.45, 2.75) is 46.5 Å². The van der Waals surface area contributed by atoms with Crippen molar-refractivity contribution in [1.29, 1.82) is 0 Å². The molecule has 0 saturated carbocycles. The number of hydrogen-bond donors (Lipinski definition) is 1. The van der Waals surface area contributed by atoms with Gasteiger partial charge in [-0.1, -0.05) is 19.9 Å². The third-order valence-corrected chi connectivity index (χ3v) is 5.47. The number of ketones is 1. The zero-order valence-electron chi connectivity index (χ0n) is 18.0. The highest BCUT2D eigenvalue weighted by atomic mass is 16.5. The maximum atomic E-state index is 13.2. The maximum Gasteiger partial charge on any atom is 0.336 e. The minimum Gasteiger partial charge on any atom is -0.493 e. The molecule has 156 valence electrons. The zero-order valence-corrected chi connectivity index (χ0v) is 18.0. The molecule has 0 bridgehead atoms. The van der Waals surface area contributed by atoms with Crippen LogP contribution in [0.2, 0.25) is 0 Å². The smallest absolute Gasteiger partial charge is 0.336 e. The summed E-state index contributed by atoms with van der Waals surface area (Å²) in [5.41, 5.74) is 3.35.